The minimum Gasteiger partial charge on any atom is -0.312 e. The lowest BCUT2D eigenvalue weighted by Crippen LogP contribution is -2.10. The second kappa shape index (κ2) is 19.0. The van der Waals surface area contributed by atoms with E-state index in [0.717, 1.165) is 29.9 Å². The summed E-state index contributed by atoms with van der Waals surface area (Å²) in [5.41, 5.74) is 23.0. The normalized spacial score (nSPS) is 12.2. The third-order valence-electron chi connectivity index (χ3n) is 15.1. The van der Waals surface area contributed by atoms with Gasteiger partial charge in [-0.25, -0.2) is 0 Å². The number of aromatic nitrogens is 1. The van der Waals surface area contributed by atoms with Gasteiger partial charge in [0.05, 0.1) is 11.2 Å². The topological polar surface area (TPSA) is 8.17 Å². The first-order valence-corrected chi connectivity index (χ1v) is 26.8. The molecule has 2 aromatic heterocycles. The number of benzene rings is 11. The zero-order valence-electron chi connectivity index (χ0n) is 41.3. The summed E-state index contributed by atoms with van der Waals surface area (Å²) in [5, 5.41) is 3.95. The van der Waals surface area contributed by atoms with E-state index in [1.165, 1.54) is 115 Å². The third kappa shape index (κ3) is 8.15. The third-order valence-corrected chi connectivity index (χ3v) is 16.2. The molecule has 11 aromatic carbocycles. The van der Waals surface area contributed by atoms with E-state index in [0.29, 0.717) is 0 Å². The summed E-state index contributed by atoms with van der Waals surface area (Å²) < 4.78 is 5.22. The Bertz CT molecular complexity index is 4110. The molecule has 0 fully saturated rings. The van der Waals surface area contributed by atoms with Crippen molar-refractivity contribution in [2.75, 3.05) is 4.90 Å². The van der Waals surface area contributed by atoms with Gasteiger partial charge in [-0.1, -0.05) is 212 Å². The number of anilines is 3. The first-order valence-electron chi connectivity index (χ1n) is 25.9. The van der Waals surface area contributed by atoms with Gasteiger partial charge in [0.1, 0.15) is 0 Å². The van der Waals surface area contributed by atoms with Crippen LogP contribution in [0.4, 0.5) is 17.1 Å². The average Bonchev–Trinajstić information content (AvgIpc) is 4.09. The molecule has 2 nitrogen and oxygen atoms in total. The van der Waals surface area contributed by atoms with E-state index < -0.39 is 0 Å². The highest BCUT2D eigenvalue weighted by Crippen LogP contribution is 2.45. The molecule has 14 rings (SSSR count). The van der Waals surface area contributed by atoms with E-state index in [4.69, 9.17) is 0 Å². The summed E-state index contributed by atoms with van der Waals surface area (Å²) in [7, 11) is 0. The van der Waals surface area contributed by atoms with Crippen molar-refractivity contribution >= 4 is 65.0 Å². The minimum absolute atomic E-state index is 0.975. The molecule has 2 heterocycles. The molecular weight excluding hydrogens is 925 g/mol. The molecule has 13 aromatic rings. The maximum Gasteiger partial charge on any atom is 0.0552 e. The van der Waals surface area contributed by atoms with E-state index in [-0.39, 0.29) is 0 Å². The molecule has 1 aliphatic rings. The predicted molar refractivity (Wildman–Crippen MR) is 320 cm³/mol. The maximum atomic E-state index is 2.57. The minimum atomic E-state index is 0.975. The largest absolute Gasteiger partial charge is 0.312 e. The van der Waals surface area contributed by atoms with Crippen LogP contribution in [0.25, 0.3) is 98.0 Å². The van der Waals surface area contributed by atoms with Gasteiger partial charge in [-0.05, 0) is 146 Å². The number of fused-ring (bicyclic) bond motifs is 6. The number of hydrogen-bond donors (Lipinski definition) is 0. The van der Waals surface area contributed by atoms with Gasteiger partial charge in [0, 0.05) is 53.9 Å². The predicted octanol–water partition coefficient (Wildman–Crippen LogP) is 20.2. The van der Waals surface area contributed by atoms with Crippen LogP contribution in [-0.4, -0.2) is 4.57 Å². The van der Waals surface area contributed by atoms with Crippen LogP contribution in [0.1, 0.15) is 23.2 Å². The number of para-hydroxylation sites is 1. The molecule has 0 spiro atoms. The number of hydrogen-bond acceptors (Lipinski definition) is 2. The quantitative estimate of drug-likeness (QED) is 0.133. The number of rotatable bonds is 10. The van der Waals surface area contributed by atoms with Crippen molar-refractivity contribution in [2.24, 2.45) is 0 Å². The van der Waals surface area contributed by atoms with Crippen LogP contribution in [-0.2, 0) is 6.42 Å². The SMILES string of the molecule is C1=C(c2cccc(-c3cccc(N(c4ccc(-c5ccc(-c6ccccc6)cc5)cc4)c4ccc(-c5ccc(-c6ccccc6)cc5)cc4)c3)c2)c2c(n(-c3cccc4sc5ccccc5c34)c3ccccc23)CC1. The molecule has 0 radical (unpaired) electrons. The maximum absolute atomic E-state index is 2.57. The van der Waals surface area contributed by atoms with Crippen LogP contribution in [0, 0.1) is 0 Å². The summed E-state index contributed by atoms with van der Waals surface area (Å²) in [4.78, 5) is 2.39. The average molecular weight is 975 g/mol. The van der Waals surface area contributed by atoms with Crippen LogP contribution in [0.5, 0.6) is 0 Å². The molecule has 0 bridgehead atoms. The second-order valence-corrected chi connectivity index (χ2v) is 20.6. The van der Waals surface area contributed by atoms with Gasteiger partial charge in [0.2, 0.25) is 0 Å². The van der Waals surface area contributed by atoms with Crippen LogP contribution >= 0.6 is 11.3 Å². The second-order valence-electron chi connectivity index (χ2n) is 19.5. The van der Waals surface area contributed by atoms with Crippen molar-refractivity contribution in [2.45, 2.75) is 12.8 Å². The fourth-order valence-electron chi connectivity index (χ4n) is 11.5. The van der Waals surface area contributed by atoms with Gasteiger partial charge in [0.15, 0.2) is 0 Å². The molecule has 0 saturated carbocycles. The molecule has 354 valence electrons. The fraction of sp³-hybridized carbons (Fsp3) is 0.0278. The Morgan fingerprint density at radius 2 is 0.787 bits per heavy atom. The highest BCUT2D eigenvalue weighted by atomic mass is 32.1. The molecule has 0 atom stereocenters. The number of allylic oxidation sites excluding steroid dienone is 1. The lowest BCUT2D eigenvalue weighted by atomic mass is 9.88. The van der Waals surface area contributed by atoms with Crippen molar-refractivity contribution < 1.29 is 0 Å². The molecule has 0 saturated heterocycles. The first kappa shape index (κ1) is 44.4. The molecule has 0 unspecified atom stereocenters. The van der Waals surface area contributed by atoms with Crippen molar-refractivity contribution in [1.82, 2.24) is 4.57 Å². The van der Waals surface area contributed by atoms with Crippen LogP contribution in [0.15, 0.2) is 279 Å². The molecule has 0 amide bonds. The molecule has 75 heavy (non-hydrogen) atoms. The Balaban J connectivity index is 0.826. The van der Waals surface area contributed by atoms with Gasteiger partial charge in [0.25, 0.3) is 0 Å². The van der Waals surface area contributed by atoms with Crippen molar-refractivity contribution in [3.63, 3.8) is 0 Å². The standard InChI is InChI=1S/C72H50N2S/c1-3-15-49(16-4-1)51-31-35-53(36-32-51)55-39-43-60(44-40-55)73(61-45-41-56(42-46-61)54-37-33-52(34-38-54)50-17-5-2-6-18-50)62-22-12-20-58(48-62)57-19-11-21-59(47-57)63-25-13-27-67-71(63)64-23-7-9-26-66(64)74(67)68-28-14-30-70-72(68)65-24-8-10-29-69(65)75-70/h1-12,14-26,28-48H,13,27H2. The zero-order chi connectivity index (χ0) is 49.7. The first-order chi connectivity index (χ1) is 37.2. The highest BCUT2D eigenvalue weighted by molar-refractivity contribution is 7.25. The van der Waals surface area contributed by atoms with Crippen LogP contribution in [0.2, 0.25) is 0 Å². The van der Waals surface area contributed by atoms with Gasteiger partial charge < -0.3 is 9.47 Å². The number of nitrogens with zero attached hydrogens (tertiary/aromatic N) is 2. The summed E-state index contributed by atoms with van der Waals surface area (Å²) in [6.07, 6.45) is 4.43. The zero-order valence-corrected chi connectivity index (χ0v) is 42.1. The monoisotopic (exact) mass is 974 g/mol. The van der Waals surface area contributed by atoms with Crippen molar-refractivity contribution in [3.05, 3.63) is 296 Å². The molecule has 0 aliphatic heterocycles. The van der Waals surface area contributed by atoms with Gasteiger partial charge in [-0.3, -0.25) is 0 Å². The Morgan fingerprint density at radius 1 is 0.333 bits per heavy atom. The smallest absolute Gasteiger partial charge is 0.0552 e. The van der Waals surface area contributed by atoms with E-state index in [2.05, 4.69) is 289 Å². The van der Waals surface area contributed by atoms with Crippen molar-refractivity contribution in [3.8, 4) is 61.3 Å². The Hall–Kier alpha value is -9.28. The summed E-state index contributed by atoms with van der Waals surface area (Å²) >= 11 is 1.88. The van der Waals surface area contributed by atoms with Gasteiger partial charge in [-0.2, -0.15) is 0 Å². The summed E-state index contributed by atoms with van der Waals surface area (Å²) in [6.45, 7) is 0. The van der Waals surface area contributed by atoms with E-state index >= 15 is 0 Å². The van der Waals surface area contributed by atoms with Crippen molar-refractivity contribution in [1.29, 1.82) is 0 Å². The Labute approximate surface area is 442 Å². The summed E-state index contributed by atoms with van der Waals surface area (Å²) in [6, 6.07) is 99.9. The molecule has 3 heteroatoms. The van der Waals surface area contributed by atoms with E-state index in [1.54, 1.807) is 0 Å². The van der Waals surface area contributed by atoms with Gasteiger partial charge >= 0.3 is 0 Å². The molecular formula is C72H50N2S. The fourth-order valence-corrected chi connectivity index (χ4v) is 12.6. The molecule has 0 N–H and O–H groups in total. The van der Waals surface area contributed by atoms with Crippen LogP contribution in [0.3, 0.4) is 0 Å². The number of thiophene rings is 1. The lowest BCUT2D eigenvalue weighted by molar-refractivity contribution is 0.887. The van der Waals surface area contributed by atoms with E-state index in [9.17, 15) is 0 Å². The molecule has 1 aliphatic carbocycles. The Kier molecular flexibility index (Phi) is 11.2. The van der Waals surface area contributed by atoms with Gasteiger partial charge in [-0.15, -0.1) is 11.3 Å². The van der Waals surface area contributed by atoms with Crippen LogP contribution < -0.4 is 4.90 Å². The Morgan fingerprint density at radius 3 is 1.40 bits per heavy atom. The highest BCUT2D eigenvalue weighted by Gasteiger charge is 2.26. The van der Waals surface area contributed by atoms with E-state index in [1.807, 2.05) is 11.3 Å². The lowest BCUT2D eigenvalue weighted by Gasteiger charge is -2.26. The summed E-state index contributed by atoms with van der Waals surface area (Å²) in [5.74, 6) is 0.